The maximum Gasteiger partial charge on any atom is 0.254 e. The number of pyridine rings is 1. The second kappa shape index (κ2) is 9.32. The molecule has 172 valence electrons. The molecular formula is C24H28N6O3. The number of methoxy groups -OCH3 is 1. The van der Waals surface area contributed by atoms with Gasteiger partial charge in [0, 0.05) is 44.9 Å². The summed E-state index contributed by atoms with van der Waals surface area (Å²) in [6, 6.07) is 10.7. The Morgan fingerprint density at radius 1 is 1.18 bits per heavy atom. The van der Waals surface area contributed by atoms with Crippen molar-refractivity contribution in [3.63, 3.8) is 0 Å². The summed E-state index contributed by atoms with van der Waals surface area (Å²) in [5.41, 5.74) is 7.98. The zero-order valence-electron chi connectivity index (χ0n) is 19.1. The number of rotatable bonds is 6. The molecule has 0 unspecified atom stereocenters. The van der Waals surface area contributed by atoms with E-state index in [2.05, 4.69) is 10.1 Å². The fraction of sp³-hybridized carbons (Fsp3) is 0.333. The minimum Gasteiger partial charge on any atom is -0.497 e. The maximum absolute atomic E-state index is 13.3. The summed E-state index contributed by atoms with van der Waals surface area (Å²) in [6.45, 7) is 0.966. The van der Waals surface area contributed by atoms with Crippen molar-refractivity contribution in [2.75, 3.05) is 44.9 Å². The number of ketones is 1. The molecule has 1 aliphatic heterocycles. The molecule has 9 heteroatoms. The van der Waals surface area contributed by atoms with Gasteiger partial charge in [0.15, 0.2) is 5.78 Å². The number of amides is 1. The van der Waals surface area contributed by atoms with E-state index in [1.807, 2.05) is 43.3 Å². The zero-order chi connectivity index (χ0) is 23.5. The first kappa shape index (κ1) is 22.3. The molecule has 3 heterocycles. The van der Waals surface area contributed by atoms with Gasteiger partial charge >= 0.3 is 0 Å². The van der Waals surface area contributed by atoms with Crippen LogP contribution in [0.4, 0.5) is 11.6 Å². The van der Waals surface area contributed by atoms with Crippen molar-refractivity contribution in [2.45, 2.75) is 12.8 Å². The van der Waals surface area contributed by atoms with Crippen LogP contribution in [-0.4, -0.2) is 65.6 Å². The Morgan fingerprint density at radius 3 is 2.64 bits per heavy atom. The van der Waals surface area contributed by atoms with E-state index in [1.54, 1.807) is 30.3 Å². The van der Waals surface area contributed by atoms with Crippen LogP contribution < -0.4 is 15.4 Å². The Morgan fingerprint density at radius 2 is 1.94 bits per heavy atom. The smallest absolute Gasteiger partial charge is 0.254 e. The first-order chi connectivity index (χ1) is 15.9. The largest absolute Gasteiger partial charge is 0.497 e. The normalized spacial score (nSPS) is 15.8. The van der Waals surface area contributed by atoms with Crippen molar-refractivity contribution in [2.24, 2.45) is 5.92 Å². The van der Waals surface area contributed by atoms with Crippen molar-refractivity contribution in [1.29, 1.82) is 0 Å². The first-order valence-corrected chi connectivity index (χ1v) is 10.8. The van der Waals surface area contributed by atoms with Crippen LogP contribution in [0.5, 0.6) is 5.75 Å². The molecule has 2 N–H and O–H groups in total. The summed E-state index contributed by atoms with van der Waals surface area (Å²) in [5, 5.41) is 4.32. The van der Waals surface area contributed by atoms with Crippen molar-refractivity contribution < 1.29 is 14.3 Å². The summed E-state index contributed by atoms with van der Waals surface area (Å²) >= 11 is 0. The number of piperidine rings is 1. The van der Waals surface area contributed by atoms with E-state index in [0.717, 1.165) is 17.9 Å². The Kier molecular flexibility index (Phi) is 6.30. The highest BCUT2D eigenvalue weighted by atomic mass is 16.5. The van der Waals surface area contributed by atoms with E-state index in [9.17, 15) is 9.59 Å². The van der Waals surface area contributed by atoms with E-state index in [0.29, 0.717) is 42.3 Å². The van der Waals surface area contributed by atoms with Gasteiger partial charge in [-0.3, -0.25) is 9.59 Å². The molecule has 1 fully saturated rings. The SMILES string of the molecule is COc1ccc(-n2ncc(C(=O)[C@H]3CCCN(C(=O)c4ccnc(N(C)C)c4)C3)c2N)cc1. The first-order valence-electron chi connectivity index (χ1n) is 10.8. The molecule has 1 atom stereocenters. The molecule has 0 spiro atoms. The molecule has 1 saturated heterocycles. The average Bonchev–Trinajstić information content (AvgIpc) is 3.24. The van der Waals surface area contributed by atoms with Gasteiger partial charge in [0.2, 0.25) is 0 Å². The summed E-state index contributed by atoms with van der Waals surface area (Å²) in [4.78, 5) is 34.3. The molecule has 0 bridgehead atoms. The van der Waals surface area contributed by atoms with Gasteiger partial charge in [0.25, 0.3) is 5.91 Å². The average molecular weight is 449 g/mol. The number of Topliss-reactive ketones (excluding diaryl/α,β-unsaturated/α-hetero) is 1. The van der Waals surface area contributed by atoms with Crippen LogP contribution >= 0.6 is 0 Å². The van der Waals surface area contributed by atoms with Gasteiger partial charge in [0.05, 0.1) is 24.6 Å². The number of carbonyl (C=O) groups is 2. The van der Waals surface area contributed by atoms with Gasteiger partial charge < -0.3 is 20.3 Å². The molecule has 0 saturated carbocycles. The number of carbonyl (C=O) groups excluding carboxylic acids is 2. The third-order valence-corrected chi connectivity index (χ3v) is 5.92. The fourth-order valence-corrected chi connectivity index (χ4v) is 4.05. The molecular weight excluding hydrogens is 420 g/mol. The lowest BCUT2D eigenvalue weighted by Gasteiger charge is -2.32. The number of hydrogen-bond donors (Lipinski definition) is 1. The van der Waals surface area contributed by atoms with Crippen molar-refractivity contribution in [3.8, 4) is 11.4 Å². The minimum absolute atomic E-state index is 0.0894. The zero-order valence-corrected chi connectivity index (χ0v) is 19.1. The third kappa shape index (κ3) is 4.52. The van der Waals surface area contributed by atoms with Crippen molar-refractivity contribution in [3.05, 3.63) is 59.9 Å². The van der Waals surface area contributed by atoms with Crippen LogP contribution in [0.2, 0.25) is 0 Å². The minimum atomic E-state index is -0.325. The summed E-state index contributed by atoms with van der Waals surface area (Å²) in [6.07, 6.45) is 4.59. The predicted octanol–water partition coefficient (Wildman–Crippen LogP) is 2.66. The molecule has 3 aromatic rings. The van der Waals surface area contributed by atoms with Crippen LogP contribution in [0.15, 0.2) is 48.8 Å². The Hall–Kier alpha value is -3.88. The van der Waals surface area contributed by atoms with Crippen LogP contribution in [-0.2, 0) is 0 Å². The maximum atomic E-state index is 13.3. The van der Waals surface area contributed by atoms with E-state index >= 15 is 0 Å². The summed E-state index contributed by atoms with van der Waals surface area (Å²) < 4.78 is 6.72. The Bertz CT molecular complexity index is 1160. The van der Waals surface area contributed by atoms with Gasteiger partial charge in [-0.15, -0.1) is 0 Å². The standard InChI is InChI=1S/C24H28N6O3/c1-28(2)21-13-16(10-11-26-21)24(32)29-12-4-5-17(15-29)22(31)20-14-27-30(23(20)25)18-6-8-19(33-3)9-7-18/h6-11,13-14,17H,4-5,12,15,25H2,1-3H3/t17-/m0/s1. The molecule has 1 amide bonds. The molecule has 4 rings (SSSR count). The van der Waals surface area contributed by atoms with Crippen LogP contribution in [0, 0.1) is 5.92 Å². The van der Waals surface area contributed by atoms with Gasteiger partial charge in [-0.2, -0.15) is 5.10 Å². The summed E-state index contributed by atoms with van der Waals surface area (Å²) in [5.74, 6) is 1.21. The number of ether oxygens (including phenoxy) is 1. The second-order valence-corrected chi connectivity index (χ2v) is 8.31. The topological polar surface area (TPSA) is 107 Å². The number of likely N-dealkylation sites (tertiary alicyclic amines) is 1. The van der Waals surface area contributed by atoms with Crippen LogP contribution in [0.3, 0.4) is 0 Å². The van der Waals surface area contributed by atoms with E-state index in [-0.39, 0.29) is 17.6 Å². The highest BCUT2D eigenvalue weighted by Gasteiger charge is 2.31. The molecule has 0 aliphatic carbocycles. The predicted molar refractivity (Wildman–Crippen MR) is 126 cm³/mol. The highest BCUT2D eigenvalue weighted by Crippen LogP contribution is 2.27. The lowest BCUT2D eigenvalue weighted by atomic mass is 9.90. The van der Waals surface area contributed by atoms with E-state index in [1.165, 1.54) is 10.9 Å². The molecule has 0 radical (unpaired) electrons. The lowest BCUT2D eigenvalue weighted by Crippen LogP contribution is -2.42. The number of anilines is 2. The molecule has 2 aromatic heterocycles. The number of aromatic nitrogens is 3. The Labute approximate surface area is 192 Å². The number of hydrogen-bond acceptors (Lipinski definition) is 7. The summed E-state index contributed by atoms with van der Waals surface area (Å²) in [7, 11) is 5.35. The van der Waals surface area contributed by atoms with E-state index < -0.39 is 0 Å². The fourth-order valence-electron chi connectivity index (χ4n) is 4.05. The van der Waals surface area contributed by atoms with Gasteiger partial charge in [0.1, 0.15) is 17.4 Å². The number of nitrogen functional groups attached to an aromatic ring is 1. The number of nitrogens with zero attached hydrogens (tertiary/aromatic N) is 5. The third-order valence-electron chi connectivity index (χ3n) is 5.92. The van der Waals surface area contributed by atoms with Crippen molar-refractivity contribution >= 4 is 23.3 Å². The Balaban J connectivity index is 1.50. The van der Waals surface area contributed by atoms with Gasteiger partial charge in [-0.1, -0.05) is 0 Å². The molecule has 1 aromatic carbocycles. The van der Waals surface area contributed by atoms with Gasteiger partial charge in [-0.25, -0.2) is 9.67 Å². The molecule has 33 heavy (non-hydrogen) atoms. The monoisotopic (exact) mass is 448 g/mol. The lowest BCUT2D eigenvalue weighted by molar-refractivity contribution is 0.0637. The second-order valence-electron chi connectivity index (χ2n) is 8.31. The van der Waals surface area contributed by atoms with Gasteiger partial charge in [-0.05, 0) is 49.2 Å². The van der Waals surface area contributed by atoms with E-state index in [4.69, 9.17) is 10.5 Å². The quantitative estimate of drug-likeness (QED) is 0.578. The van der Waals surface area contributed by atoms with Crippen LogP contribution in [0.1, 0.15) is 33.6 Å². The molecule has 1 aliphatic rings. The number of benzene rings is 1. The van der Waals surface area contributed by atoms with Crippen molar-refractivity contribution in [1.82, 2.24) is 19.7 Å². The van der Waals surface area contributed by atoms with Crippen LogP contribution in [0.25, 0.3) is 5.69 Å². The number of nitrogens with two attached hydrogens (primary N) is 1. The molecule has 9 nitrogen and oxygen atoms in total. The highest BCUT2D eigenvalue weighted by molar-refractivity contribution is 6.02.